The van der Waals surface area contributed by atoms with Gasteiger partial charge in [0.15, 0.2) is 5.75 Å². The Morgan fingerprint density at radius 3 is 2.29 bits per heavy atom. The van der Waals surface area contributed by atoms with Crippen LogP contribution < -0.4 is 15.4 Å². The molecule has 0 radical (unpaired) electrons. The highest BCUT2D eigenvalue weighted by Gasteiger charge is 2.47. The number of aromatic nitrogens is 3. The molecule has 9 nitrogen and oxygen atoms in total. The molecule has 1 aliphatic rings. The molecular weight excluding hydrogens is 572 g/mol. The normalized spacial score (nSPS) is 18.9. The van der Waals surface area contributed by atoms with Crippen molar-refractivity contribution >= 4 is 11.8 Å². The summed E-state index contributed by atoms with van der Waals surface area (Å²) >= 11 is 0. The first-order valence-corrected chi connectivity index (χ1v) is 12.7. The highest BCUT2D eigenvalue weighted by atomic mass is 19.4. The topological polar surface area (TPSA) is 124 Å². The van der Waals surface area contributed by atoms with Gasteiger partial charge in [-0.25, -0.2) is 19.7 Å². The van der Waals surface area contributed by atoms with Gasteiger partial charge in [-0.15, -0.1) is 0 Å². The van der Waals surface area contributed by atoms with Crippen LogP contribution in [0.4, 0.5) is 36.8 Å². The van der Waals surface area contributed by atoms with Crippen LogP contribution in [0.3, 0.4) is 0 Å². The van der Waals surface area contributed by atoms with Crippen molar-refractivity contribution in [3.63, 3.8) is 0 Å². The first-order valence-electron chi connectivity index (χ1n) is 12.7. The SMILES string of the molecule is CCOC(=O)N1c2ccc(OC)nc2[C@@H](c2ncc(O)c(Cc3cc(C(F)(F)F)cc(C(F)(F)F)c3)n2)C[C@@]1(N)CC. The molecule has 226 valence electrons. The molecular formula is C27H27F6N5O4. The van der Waals surface area contributed by atoms with Crippen LogP contribution in [0.5, 0.6) is 11.6 Å². The summed E-state index contributed by atoms with van der Waals surface area (Å²) in [4.78, 5) is 27.2. The fourth-order valence-electron chi connectivity index (χ4n) is 4.81. The number of nitrogens with two attached hydrogens (primary N) is 1. The second kappa shape index (κ2) is 11.3. The zero-order valence-corrected chi connectivity index (χ0v) is 22.7. The average Bonchev–Trinajstić information content (AvgIpc) is 2.92. The molecule has 1 aliphatic heterocycles. The van der Waals surface area contributed by atoms with E-state index >= 15 is 0 Å². The molecule has 0 saturated carbocycles. The molecule has 3 heterocycles. The van der Waals surface area contributed by atoms with Gasteiger partial charge in [0.2, 0.25) is 5.88 Å². The van der Waals surface area contributed by atoms with E-state index < -0.39 is 53.3 Å². The zero-order valence-electron chi connectivity index (χ0n) is 22.7. The van der Waals surface area contributed by atoms with E-state index in [0.717, 1.165) is 6.20 Å². The highest BCUT2D eigenvalue weighted by molar-refractivity contribution is 5.91. The molecule has 0 unspecified atom stereocenters. The molecule has 4 rings (SSSR count). The lowest BCUT2D eigenvalue weighted by atomic mass is 9.83. The van der Waals surface area contributed by atoms with Crippen molar-refractivity contribution in [2.24, 2.45) is 5.73 Å². The molecule has 0 saturated heterocycles. The van der Waals surface area contributed by atoms with Crippen molar-refractivity contribution in [1.82, 2.24) is 15.0 Å². The van der Waals surface area contributed by atoms with Gasteiger partial charge in [0.05, 0.1) is 54.0 Å². The molecule has 1 amide bonds. The van der Waals surface area contributed by atoms with Crippen LogP contribution >= 0.6 is 0 Å². The number of alkyl halides is 6. The molecule has 15 heteroatoms. The third-order valence-electron chi connectivity index (χ3n) is 6.92. The number of carbonyl (C=O) groups excluding carboxylic acids is 1. The minimum Gasteiger partial charge on any atom is -0.504 e. The molecule has 3 N–H and O–H groups in total. The maximum absolute atomic E-state index is 13.4. The number of pyridine rings is 1. The largest absolute Gasteiger partial charge is 0.504 e. The van der Waals surface area contributed by atoms with Gasteiger partial charge in [0.1, 0.15) is 11.5 Å². The molecule has 1 aromatic carbocycles. The molecule has 2 atom stereocenters. The van der Waals surface area contributed by atoms with Crippen molar-refractivity contribution in [2.45, 2.75) is 57.0 Å². The van der Waals surface area contributed by atoms with E-state index in [0.29, 0.717) is 12.1 Å². The van der Waals surface area contributed by atoms with Gasteiger partial charge < -0.3 is 20.3 Å². The first-order chi connectivity index (χ1) is 19.6. The molecule has 42 heavy (non-hydrogen) atoms. The Morgan fingerprint density at radius 1 is 1.10 bits per heavy atom. The van der Waals surface area contributed by atoms with Crippen molar-refractivity contribution in [3.05, 3.63) is 70.4 Å². The summed E-state index contributed by atoms with van der Waals surface area (Å²) < 4.78 is 90.9. The summed E-state index contributed by atoms with van der Waals surface area (Å²) in [5, 5.41) is 10.5. The summed E-state index contributed by atoms with van der Waals surface area (Å²) in [6.45, 7) is 3.46. The summed E-state index contributed by atoms with van der Waals surface area (Å²) in [6.07, 6.45) is -10.1. The Labute approximate surface area is 236 Å². The number of halogens is 6. The van der Waals surface area contributed by atoms with E-state index in [9.17, 15) is 36.2 Å². The van der Waals surface area contributed by atoms with E-state index in [1.165, 1.54) is 18.1 Å². The second-order valence-corrected chi connectivity index (χ2v) is 9.66. The number of rotatable bonds is 6. The fraction of sp³-hybridized carbons (Fsp3) is 0.407. The van der Waals surface area contributed by atoms with Crippen LogP contribution in [0, 0.1) is 0 Å². The Balaban J connectivity index is 1.83. The zero-order chi connectivity index (χ0) is 31.0. The number of hydrogen-bond acceptors (Lipinski definition) is 8. The standard InChI is InChI=1S/C27H27F6N5O4/c1-4-25(34)12-17(22-19(6-7-21(37-22)41-3)38(25)24(40)42-5-2)23-35-13-20(39)18(36-23)10-14-8-15(26(28,29)30)11-16(9-14)27(31,32)33/h6-9,11,13,17,39H,4-5,10,12,34H2,1-3H3/t17-,25+/m0/s1. The number of methoxy groups -OCH3 is 1. The molecule has 3 aromatic rings. The third kappa shape index (κ3) is 6.05. The lowest BCUT2D eigenvalue weighted by Crippen LogP contribution is -2.61. The van der Waals surface area contributed by atoms with Crippen LogP contribution in [0.2, 0.25) is 0 Å². The number of aromatic hydroxyl groups is 1. The molecule has 2 aromatic heterocycles. The smallest absolute Gasteiger partial charge is 0.416 e. The van der Waals surface area contributed by atoms with Gasteiger partial charge in [0.25, 0.3) is 0 Å². The van der Waals surface area contributed by atoms with Crippen molar-refractivity contribution in [3.8, 4) is 11.6 Å². The summed E-state index contributed by atoms with van der Waals surface area (Å²) in [5.41, 5.74) is 2.35. The minimum atomic E-state index is -5.04. The van der Waals surface area contributed by atoms with Gasteiger partial charge in [-0.3, -0.25) is 4.90 Å². The van der Waals surface area contributed by atoms with E-state index in [4.69, 9.17) is 15.2 Å². The van der Waals surface area contributed by atoms with E-state index in [1.54, 1.807) is 19.9 Å². The number of nitrogens with zero attached hydrogens (tertiary/aromatic N) is 4. The number of fused-ring (bicyclic) bond motifs is 1. The number of carbonyl (C=O) groups is 1. The molecule has 0 spiro atoms. The number of anilines is 1. The Kier molecular flexibility index (Phi) is 8.27. The number of amides is 1. The third-order valence-corrected chi connectivity index (χ3v) is 6.92. The first kappa shape index (κ1) is 30.8. The lowest BCUT2D eigenvalue weighted by Gasteiger charge is -2.46. The van der Waals surface area contributed by atoms with E-state index in [1.807, 2.05) is 0 Å². The highest BCUT2D eigenvalue weighted by Crippen LogP contribution is 2.45. The monoisotopic (exact) mass is 599 g/mol. The number of hydrogen-bond donors (Lipinski definition) is 2. The Hall–Kier alpha value is -4.14. The van der Waals surface area contributed by atoms with Gasteiger partial charge in [-0.2, -0.15) is 26.3 Å². The van der Waals surface area contributed by atoms with Crippen LogP contribution in [0.25, 0.3) is 0 Å². The quantitative estimate of drug-likeness (QED) is 0.342. The van der Waals surface area contributed by atoms with Crippen molar-refractivity contribution < 1.29 is 45.7 Å². The Bertz CT molecular complexity index is 1450. The van der Waals surface area contributed by atoms with Gasteiger partial charge in [-0.05, 0) is 49.6 Å². The number of benzene rings is 1. The summed E-state index contributed by atoms with van der Waals surface area (Å²) in [6, 6.07) is 4.23. The van der Waals surface area contributed by atoms with E-state index in [2.05, 4.69) is 15.0 Å². The molecule has 0 fully saturated rings. The van der Waals surface area contributed by atoms with Crippen LogP contribution in [0.1, 0.15) is 66.5 Å². The summed E-state index contributed by atoms with van der Waals surface area (Å²) in [7, 11) is 1.38. The van der Waals surface area contributed by atoms with Crippen LogP contribution in [-0.4, -0.2) is 45.5 Å². The van der Waals surface area contributed by atoms with E-state index in [-0.39, 0.29) is 59.9 Å². The predicted octanol–water partition coefficient (Wildman–Crippen LogP) is 5.78. The minimum absolute atomic E-state index is 0.0154. The molecule has 0 aliphatic carbocycles. The summed E-state index contributed by atoms with van der Waals surface area (Å²) in [5.74, 6) is -1.13. The van der Waals surface area contributed by atoms with Gasteiger partial charge >= 0.3 is 18.4 Å². The number of ether oxygens (including phenoxy) is 2. The fourth-order valence-corrected chi connectivity index (χ4v) is 4.81. The maximum atomic E-state index is 13.4. The Morgan fingerprint density at radius 2 is 1.74 bits per heavy atom. The van der Waals surface area contributed by atoms with Crippen molar-refractivity contribution in [2.75, 3.05) is 18.6 Å². The second-order valence-electron chi connectivity index (χ2n) is 9.66. The van der Waals surface area contributed by atoms with Crippen LogP contribution in [-0.2, 0) is 23.5 Å². The maximum Gasteiger partial charge on any atom is 0.416 e. The predicted molar refractivity (Wildman–Crippen MR) is 137 cm³/mol. The van der Waals surface area contributed by atoms with Crippen LogP contribution in [0.15, 0.2) is 36.5 Å². The lowest BCUT2D eigenvalue weighted by molar-refractivity contribution is -0.143. The average molecular weight is 600 g/mol. The van der Waals surface area contributed by atoms with Gasteiger partial charge in [0, 0.05) is 12.5 Å². The molecule has 0 bridgehead atoms. The van der Waals surface area contributed by atoms with Crippen molar-refractivity contribution in [1.29, 1.82) is 0 Å². The van der Waals surface area contributed by atoms with Gasteiger partial charge in [-0.1, -0.05) is 6.92 Å².